The van der Waals surface area contributed by atoms with Crippen LogP contribution in [0.25, 0.3) is 122 Å². The van der Waals surface area contributed by atoms with Crippen LogP contribution >= 0.6 is 0 Å². The summed E-state index contributed by atoms with van der Waals surface area (Å²) in [6.07, 6.45) is 0. The van der Waals surface area contributed by atoms with Crippen LogP contribution in [0.4, 0.5) is 0 Å². The molecule has 0 bridgehead atoms. The first-order chi connectivity index (χ1) is 32.7. The molecule has 0 unspecified atom stereocenters. The summed E-state index contributed by atoms with van der Waals surface area (Å²) < 4.78 is 0. The van der Waals surface area contributed by atoms with E-state index < -0.39 is 0 Å². The van der Waals surface area contributed by atoms with Gasteiger partial charge in [-0.25, -0.2) is 19.9 Å². The fourth-order valence-electron chi connectivity index (χ4n) is 9.06. The molecule has 0 aliphatic rings. The molecule has 3 aromatic heterocycles. The Morgan fingerprint density at radius 2 is 0.576 bits per heavy atom. The van der Waals surface area contributed by atoms with Gasteiger partial charge in [-0.2, -0.15) is 0 Å². The van der Waals surface area contributed by atoms with Crippen LogP contribution in [0.1, 0.15) is 0 Å². The third-order valence-corrected chi connectivity index (χ3v) is 12.5. The molecule has 0 radical (unpaired) electrons. The Hall–Kier alpha value is -8.86. The fraction of sp³-hybridized carbons (Fsp3) is 0. The predicted molar refractivity (Wildman–Crippen MR) is 274 cm³/mol. The van der Waals surface area contributed by atoms with Crippen molar-refractivity contribution in [2.75, 3.05) is 0 Å². The Labute approximate surface area is 383 Å². The molecule has 3 heterocycles. The van der Waals surface area contributed by atoms with E-state index in [4.69, 9.17) is 19.9 Å². The minimum Gasteiger partial charge on any atom is -0.245 e. The zero-order valence-electron chi connectivity index (χ0n) is 35.9. The second-order valence-corrected chi connectivity index (χ2v) is 16.6. The normalized spacial score (nSPS) is 11.3. The van der Waals surface area contributed by atoms with Gasteiger partial charge in [-0.15, -0.1) is 0 Å². The van der Waals surface area contributed by atoms with Gasteiger partial charge in [-0.1, -0.05) is 224 Å². The lowest BCUT2D eigenvalue weighted by Gasteiger charge is -2.14. The Bertz CT molecular complexity index is 3600. The van der Waals surface area contributed by atoms with Crippen molar-refractivity contribution < 1.29 is 0 Å². The van der Waals surface area contributed by atoms with E-state index in [1.807, 2.05) is 30.3 Å². The molecule has 4 nitrogen and oxygen atoms in total. The summed E-state index contributed by atoms with van der Waals surface area (Å²) in [7, 11) is 0. The van der Waals surface area contributed by atoms with Crippen molar-refractivity contribution in [1.82, 2.24) is 19.9 Å². The van der Waals surface area contributed by atoms with Crippen molar-refractivity contribution in [3.8, 4) is 89.8 Å². The maximum Gasteiger partial charge on any atom is 0.160 e. The highest BCUT2D eigenvalue weighted by Gasteiger charge is 2.16. The highest BCUT2D eigenvalue weighted by atomic mass is 14.9. The summed E-state index contributed by atoms with van der Waals surface area (Å²) in [6.45, 7) is 0. The third kappa shape index (κ3) is 7.36. The average molecular weight is 841 g/mol. The molecule has 0 saturated carbocycles. The first-order valence-electron chi connectivity index (χ1n) is 22.3. The van der Waals surface area contributed by atoms with Crippen LogP contribution in [0.15, 0.2) is 243 Å². The van der Waals surface area contributed by atoms with E-state index in [1.165, 1.54) is 22.3 Å². The predicted octanol–water partition coefficient (Wildman–Crippen LogP) is 16.1. The van der Waals surface area contributed by atoms with E-state index in [0.29, 0.717) is 5.82 Å². The van der Waals surface area contributed by atoms with Crippen molar-refractivity contribution in [2.24, 2.45) is 0 Å². The van der Waals surface area contributed by atoms with Gasteiger partial charge in [0.1, 0.15) is 0 Å². The largest absolute Gasteiger partial charge is 0.245 e. The molecule has 0 aliphatic carbocycles. The van der Waals surface area contributed by atoms with Crippen LogP contribution in [0.5, 0.6) is 0 Å². The molecule has 9 aromatic carbocycles. The standard InChI is InChI=1S/C62H40N4/c1-4-12-41(13-5-1)43-20-26-47(27-21-43)58-40-59(48-28-22-44(23-29-48)42-14-6-2-7-15-42)66-62(65-58)51-32-24-45(25-33-51)52-36-37-55(54-19-11-10-18-53(52)54)57-39-35-50-31-30-49-34-38-56(46-16-8-3-9-17-46)63-60(49)61(50)64-57/h1-40H. The lowest BCUT2D eigenvalue weighted by Crippen LogP contribution is -1.96. The molecule has 12 rings (SSSR count). The molecule has 0 amide bonds. The molecule has 0 aliphatic heterocycles. The Balaban J connectivity index is 0.907. The molecule has 0 N–H and O–H groups in total. The molecule has 12 aromatic rings. The van der Waals surface area contributed by atoms with E-state index >= 15 is 0 Å². The maximum absolute atomic E-state index is 5.32. The van der Waals surface area contributed by atoms with Crippen molar-refractivity contribution in [2.45, 2.75) is 0 Å². The Kier molecular flexibility index (Phi) is 9.81. The number of rotatable bonds is 8. The van der Waals surface area contributed by atoms with Crippen LogP contribution in [-0.4, -0.2) is 19.9 Å². The lowest BCUT2D eigenvalue weighted by molar-refractivity contribution is 1.18. The minimum atomic E-state index is 0.675. The number of benzene rings is 9. The van der Waals surface area contributed by atoms with E-state index in [2.05, 4.69) is 212 Å². The van der Waals surface area contributed by atoms with Gasteiger partial charge in [-0.3, -0.25) is 0 Å². The second kappa shape index (κ2) is 16.7. The van der Waals surface area contributed by atoms with E-state index in [1.54, 1.807) is 0 Å². The van der Waals surface area contributed by atoms with Gasteiger partial charge in [0.25, 0.3) is 0 Å². The SMILES string of the molecule is c1ccc(-c2ccc(-c3cc(-c4ccc(-c5ccccc5)cc4)nc(-c4ccc(-c5ccc(-c6ccc7ccc8ccc(-c9ccccc9)nc8c7n6)c6ccccc56)cc4)n3)cc2)cc1. The van der Waals surface area contributed by atoms with Crippen LogP contribution < -0.4 is 0 Å². The zero-order valence-corrected chi connectivity index (χ0v) is 35.9. The van der Waals surface area contributed by atoms with Gasteiger partial charge in [-0.05, 0) is 62.4 Å². The third-order valence-electron chi connectivity index (χ3n) is 12.5. The van der Waals surface area contributed by atoms with Crippen LogP contribution in [-0.2, 0) is 0 Å². The summed E-state index contributed by atoms with van der Waals surface area (Å²) >= 11 is 0. The summed E-state index contributed by atoms with van der Waals surface area (Å²) in [6, 6.07) is 85.2. The molecule has 0 spiro atoms. The molecule has 0 atom stereocenters. The van der Waals surface area contributed by atoms with Gasteiger partial charge in [0.2, 0.25) is 0 Å². The summed E-state index contributed by atoms with van der Waals surface area (Å²) in [5, 5.41) is 4.43. The van der Waals surface area contributed by atoms with E-state index in [9.17, 15) is 0 Å². The lowest BCUT2D eigenvalue weighted by atomic mass is 9.93. The van der Waals surface area contributed by atoms with Crippen LogP contribution in [0.2, 0.25) is 0 Å². The average Bonchev–Trinajstić information content (AvgIpc) is 3.41. The first-order valence-corrected chi connectivity index (χ1v) is 22.3. The molecular formula is C62H40N4. The van der Waals surface area contributed by atoms with Gasteiger partial charge >= 0.3 is 0 Å². The van der Waals surface area contributed by atoms with Gasteiger partial charge in [0, 0.05) is 38.6 Å². The molecule has 0 fully saturated rings. The number of nitrogens with zero attached hydrogens (tertiary/aromatic N) is 4. The van der Waals surface area contributed by atoms with Crippen LogP contribution in [0.3, 0.4) is 0 Å². The number of hydrogen-bond donors (Lipinski definition) is 0. The molecular weight excluding hydrogens is 801 g/mol. The number of hydrogen-bond acceptors (Lipinski definition) is 4. The maximum atomic E-state index is 5.32. The van der Waals surface area contributed by atoms with Crippen LogP contribution in [0, 0.1) is 0 Å². The Morgan fingerprint density at radius 1 is 0.212 bits per heavy atom. The molecule has 0 saturated heterocycles. The topological polar surface area (TPSA) is 51.6 Å². The number of aromatic nitrogens is 4. The van der Waals surface area contributed by atoms with E-state index in [-0.39, 0.29) is 0 Å². The summed E-state index contributed by atoms with van der Waals surface area (Å²) in [5.41, 5.74) is 17.5. The van der Waals surface area contributed by atoms with Gasteiger partial charge in [0.05, 0.1) is 33.8 Å². The van der Waals surface area contributed by atoms with Gasteiger partial charge < -0.3 is 0 Å². The fourth-order valence-corrected chi connectivity index (χ4v) is 9.06. The van der Waals surface area contributed by atoms with Crippen molar-refractivity contribution in [1.29, 1.82) is 0 Å². The quantitative estimate of drug-likeness (QED) is 0.143. The first kappa shape index (κ1) is 38.8. The zero-order chi connectivity index (χ0) is 43.8. The van der Waals surface area contributed by atoms with Crippen molar-refractivity contribution in [3.05, 3.63) is 243 Å². The summed E-state index contributed by atoms with van der Waals surface area (Å²) in [5.74, 6) is 0.675. The number of pyridine rings is 2. The highest BCUT2D eigenvalue weighted by Crippen LogP contribution is 2.38. The Morgan fingerprint density at radius 3 is 1.12 bits per heavy atom. The minimum absolute atomic E-state index is 0.675. The highest BCUT2D eigenvalue weighted by molar-refractivity contribution is 6.07. The molecule has 308 valence electrons. The summed E-state index contributed by atoms with van der Waals surface area (Å²) in [4.78, 5) is 20.9. The molecule has 4 heteroatoms. The van der Waals surface area contributed by atoms with E-state index in [0.717, 1.165) is 94.3 Å². The monoisotopic (exact) mass is 840 g/mol. The van der Waals surface area contributed by atoms with Crippen molar-refractivity contribution >= 4 is 32.6 Å². The van der Waals surface area contributed by atoms with Crippen molar-refractivity contribution in [3.63, 3.8) is 0 Å². The number of fused-ring (bicyclic) bond motifs is 4. The van der Waals surface area contributed by atoms with Gasteiger partial charge in [0.15, 0.2) is 5.82 Å². The smallest absolute Gasteiger partial charge is 0.160 e. The molecule has 66 heavy (non-hydrogen) atoms. The second-order valence-electron chi connectivity index (χ2n) is 16.6.